The Morgan fingerprint density at radius 2 is 1.57 bits per heavy atom. The van der Waals surface area contributed by atoms with Gasteiger partial charge in [-0.2, -0.15) is 0 Å². The Kier molecular flexibility index (Phi) is 4.97. The Morgan fingerprint density at radius 1 is 1.00 bits per heavy atom. The van der Waals surface area contributed by atoms with Crippen LogP contribution >= 0.6 is 0 Å². The number of rotatable bonds is 6. The van der Waals surface area contributed by atoms with Gasteiger partial charge in [0.2, 0.25) is 0 Å². The molecule has 4 nitrogen and oxygen atoms in total. The molecule has 0 aliphatic carbocycles. The minimum Gasteiger partial charge on any atom is -0.399 e. The van der Waals surface area contributed by atoms with Gasteiger partial charge in [0, 0.05) is 18.8 Å². The number of aliphatic hydroxyl groups excluding tert-OH is 1. The van der Waals surface area contributed by atoms with Gasteiger partial charge in [-0.3, -0.25) is 0 Å². The molecule has 0 bridgehead atoms. The Labute approximate surface area is 128 Å². The average molecular weight is 291 g/mol. The minimum absolute atomic E-state index is 0.253. The molecule has 2 N–H and O–H groups in total. The highest BCUT2D eigenvalue weighted by atomic mass is 16.7. The van der Waals surface area contributed by atoms with Crippen molar-refractivity contribution in [1.82, 2.24) is 0 Å². The lowest BCUT2D eigenvalue weighted by atomic mass is 9.79. The number of aliphatic hydroxyl groups is 1. The first-order chi connectivity index (χ1) is 9.86. The summed E-state index contributed by atoms with van der Waals surface area (Å²) in [7, 11) is -0.307. The number of anilines is 1. The number of hydrogen-bond acceptors (Lipinski definition) is 4. The summed E-state index contributed by atoms with van der Waals surface area (Å²) in [5.41, 5.74) is 1.50. The van der Waals surface area contributed by atoms with Crippen molar-refractivity contribution >= 4 is 18.3 Å². The molecule has 2 rings (SSSR count). The monoisotopic (exact) mass is 291 g/mol. The van der Waals surface area contributed by atoms with Crippen molar-refractivity contribution in [3.63, 3.8) is 0 Å². The van der Waals surface area contributed by atoms with E-state index < -0.39 is 0 Å². The van der Waals surface area contributed by atoms with Crippen molar-refractivity contribution in [2.24, 2.45) is 0 Å². The minimum atomic E-state index is -0.307. The number of nitrogens with one attached hydrogen (secondary N) is 1. The van der Waals surface area contributed by atoms with Gasteiger partial charge >= 0.3 is 7.12 Å². The van der Waals surface area contributed by atoms with Gasteiger partial charge in [0.05, 0.1) is 11.2 Å². The first-order valence-electron chi connectivity index (χ1n) is 7.66. The van der Waals surface area contributed by atoms with E-state index in [0.717, 1.165) is 30.5 Å². The molecule has 0 amide bonds. The van der Waals surface area contributed by atoms with E-state index in [-0.39, 0.29) is 24.9 Å². The first-order valence-corrected chi connectivity index (χ1v) is 7.66. The van der Waals surface area contributed by atoms with Crippen LogP contribution in [0, 0.1) is 0 Å². The summed E-state index contributed by atoms with van der Waals surface area (Å²) in [6, 6.07) is 8.16. The zero-order chi connectivity index (χ0) is 15.5. The topological polar surface area (TPSA) is 50.7 Å². The lowest BCUT2D eigenvalue weighted by Gasteiger charge is -2.32. The maximum absolute atomic E-state index is 8.75. The molecule has 0 atom stereocenters. The van der Waals surface area contributed by atoms with E-state index in [2.05, 4.69) is 33.0 Å². The molecule has 0 radical (unpaired) electrons. The lowest BCUT2D eigenvalue weighted by molar-refractivity contribution is 0.00578. The van der Waals surface area contributed by atoms with E-state index >= 15 is 0 Å². The normalized spacial score (nSPS) is 19.8. The highest BCUT2D eigenvalue weighted by molar-refractivity contribution is 6.62. The zero-order valence-electron chi connectivity index (χ0n) is 13.5. The van der Waals surface area contributed by atoms with Crippen molar-refractivity contribution in [1.29, 1.82) is 0 Å². The van der Waals surface area contributed by atoms with Crippen LogP contribution in [-0.2, 0) is 9.31 Å². The van der Waals surface area contributed by atoms with Gasteiger partial charge in [-0.25, -0.2) is 0 Å². The Balaban J connectivity index is 1.94. The molecule has 0 saturated carbocycles. The Hall–Kier alpha value is -1.04. The number of benzene rings is 1. The summed E-state index contributed by atoms with van der Waals surface area (Å²) in [4.78, 5) is 0. The quantitative estimate of drug-likeness (QED) is 0.623. The second kappa shape index (κ2) is 6.38. The van der Waals surface area contributed by atoms with Crippen molar-refractivity contribution in [3.8, 4) is 0 Å². The summed E-state index contributed by atoms with van der Waals surface area (Å²) < 4.78 is 12.1. The summed E-state index contributed by atoms with van der Waals surface area (Å²) >= 11 is 0. The van der Waals surface area contributed by atoms with Crippen LogP contribution in [0.25, 0.3) is 0 Å². The summed E-state index contributed by atoms with van der Waals surface area (Å²) in [6.07, 6.45) is 1.80. The van der Waals surface area contributed by atoms with Crippen LogP contribution in [0.3, 0.4) is 0 Å². The molecular formula is C16H26BNO3. The summed E-state index contributed by atoms with van der Waals surface area (Å²) in [6.45, 7) is 9.36. The molecule has 116 valence electrons. The van der Waals surface area contributed by atoms with Gasteiger partial charge in [0.15, 0.2) is 0 Å². The van der Waals surface area contributed by atoms with Crippen LogP contribution < -0.4 is 10.8 Å². The summed E-state index contributed by atoms with van der Waals surface area (Å²) in [5, 5.41) is 12.1. The maximum atomic E-state index is 8.75. The largest absolute Gasteiger partial charge is 0.494 e. The molecule has 21 heavy (non-hydrogen) atoms. The zero-order valence-corrected chi connectivity index (χ0v) is 13.5. The van der Waals surface area contributed by atoms with E-state index in [1.807, 2.05) is 24.3 Å². The smallest absolute Gasteiger partial charge is 0.399 e. The third kappa shape index (κ3) is 3.79. The lowest BCUT2D eigenvalue weighted by Crippen LogP contribution is -2.41. The molecule has 1 aliphatic heterocycles. The van der Waals surface area contributed by atoms with E-state index in [1.54, 1.807) is 0 Å². The van der Waals surface area contributed by atoms with Crippen molar-refractivity contribution < 1.29 is 14.4 Å². The molecule has 1 aromatic rings. The molecule has 0 aromatic heterocycles. The van der Waals surface area contributed by atoms with Crippen LogP contribution in [0.5, 0.6) is 0 Å². The molecule has 0 spiro atoms. The van der Waals surface area contributed by atoms with Crippen molar-refractivity contribution in [2.45, 2.75) is 51.7 Å². The standard InChI is InChI=1S/C16H26BNO3/c1-15(2)16(3,4)21-17(20-15)13-7-9-14(10-8-13)18-11-5-6-12-19/h7-10,18-19H,5-6,11-12H2,1-4H3. The van der Waals surface area contributed by atoms with Gasteiger partial charge in [-0.1, -0.05) is 12.1 Å². The van der Waals surface area contributed by atoms with E-state index in [4.69, 9.17) is 14.4 Å². The van der Waals surface area contributed by atoms with Crippen molar-refractivity contribution in [3.05, 3.63) is 24.3 Å². The summed E-state index contributed by atoms with van der Waals surface area (Å²) in [5.74, 6) is 0. The molecule has 5 heteroatoms. The molecule has 1 aromatic carbocycles. The fourth-order valence-electron chi connectivity index (χ4n) is 2.21. The van der Waals surface area contributed by atoms with Crippen LogP contribution in [-0.4, -0.2) is 36.6 Å². The van der Waals surface area contributed by atoms with Gasteiger partial charge in [0.25, 0.3) is 0 Å². The fourth-order valence-corrected chi connectivity index (χ4v) is 2.21. The highest BCUT2D eigenvalue weighted by Gasteiger charge is 2.51. The molecule has 1 saturated heterocycles. The molecule has 1 fully saturated rings. The van der Waals surface area contributed by atoms with Crippen LogP contribution in [0.4, 0.5) is 5.69 Å². The predicted molar refractivity (Wildman–Crippen MR) is 87.0 cm³/mol. The molecule has 0 unspecified atom stereocenters. The first kappa shape index (κ1) is 16.3. The second-order valence-corrected chi connectivity index (χ2v) is 6.57. The number of unbranched alkanes of at least 4 members (excludes halogenated alkanes) is 1. The molecular weight excluding hydrogens is 265 g/mol. The van der Waals surface area contributed by atoms with E-state index in [0.29, 0.717) is 0 Å². The SMILES string of the molecule is CC1(C)OB(c2ccc(NCCCCO)cc2)OC1(C)C. The van der Waals surface area contributed by atoms with Crippen molar-refractivity contribution in [2.75, 3.05) is 18.5 Å². The Bertz CT molecular complexity index is 443. The van der Waals surface area contributed by atoms with E-state index in [9.17, 15) is 0 Å². The number of hydrogen-bond donors (Lipinski definition) is 2. The predicted octanol–water partition coefficient (Wildman–Crippen LogP) is 2.17. The molecule has 1 aliphatic rings. The third-order valence-corrected chi connectivity index (χ3v) is 4.35. The Morgan fingerprint density at radius 3 is 2.10 bits per heavy atom. The third-order valence-electron chi connectivity index (χ3n) is 4.35. The average Bonchev–Trinajstić information content (AvgIpc) is 2.64. The second-order valence-electron chi connectivity index (χ2n) is 6.57. The maximum Gasteiger partial charge on any atom is 0.494 e. The van der Waals surface area contributed by atoms with E-state index in [1.165, 1.54) is 0 Å². The van der Waals surface area contributed by atoms with Crippen LogP contribution in [0.2, 0.25) is 0 Å². The van der Waals surface area contributed by atoms with Gasteiger partial charge < -0.3 is 19.7 Å². The highest BCUT2D eigenvalue weighted by Crippen LogP contribution is 2.36. The van der Waals surface area contributed by atoms with Crippen LogP contribution in [0.15, 0.2) is 24.3 Å². The van der Waals surface area contributed by atoms with Gasteiger partial charge in [0.1, 0.15) is 0 Å². The fraction of sp³-hybridized carbons (Fsp3) is 0.625. The molecule has 1 heterocycles. The van der Waals surface area contributed by atoms with Gasteiger partial charge in [-0.05, 0) is 58.1 Å². The van der Waals surface area contributed by atoms with Gasteiger partial charge in [-0.15, -0.1) is 0 Å². The van der Waals surface area contributed by atoms with Crippen LogP contribution in [0.1, 0.15) is 40.5 Å².